The molecule has 98 valence electrons. The van der Waals surface area contributed by atoms with Gasteiger partial charge in [-0.2, -0.15) is 0 Å². The number of nitrogens with zero attached hydrogens (tertiary/aromatic N) is 1. The fourth-order valence-corrected chi connectivity index (χ4v) is 3.68. The minimum atomic E-state index is -0.919. The Kier molecular flexibility index (Phi) is 4.34. The highest BCUT2D eigenvalue weighted by Crippen LogP contribution is 2.28. The van der Waals surface area contributed by atoms with Gasteiger partial charge in [-0.1, -0.05) is 0 Å². The summed E-state index contributed by atoms with van der Waals surface area (Å²) in [6.07, 6.45) is -1.84. The van der Waals surface area contributed by atoms with Gasteiger partial charge in [0.1, 0.15) is 5.75 Å². The van der Waals surface area contributed by atoms with Crippen LogP contribution in [0.5, 0.6) is 5.75 Å². The number of hydrogen-bond acceptors (Lipinski definition) is 4. The van der Waals surface area contributed by atoms with E-state index in [0.717, 1.165) is 3.57 Å². The normalized spacial score (nSPS) is 23.4. The predicted molar refractivity (Wildman–Crippen MR) is 81.5 cm³/mol. The van der Waals surface area contributed by atoms with E-state index in [1.54, 1.807) is 12.1 Å². The van der Waals surface area contributed by atoms with Gasteiger partial charge in [-0.3, -0.25) is 4.79 Å². The standard InChI is InChI=1S/C11H11I2NO4/c12-5-1-6(10(17)7(13)2-5)11(18)14-3-8(15)9(16)4-14/h1-2,8-9,15-17H,3-4H2. The zero-order valence-electron chi connectivity index (χ0n) is 9.18. The van der Waals surface area contributed by atoms with Crippen LogP contribution in [-0.2, 0) is 0 Å². The van der Waals surface area contributed by atoms with Crippen LogP contribution in [0.2, 0.25) is 0 Å². The van der Waals surface area contributed by atoms with Crippen LogP contribution in [0.1, 0.15) is 10.4 Å². The van der Waals surface area contributed by atoms with Crippen molar-refractivity contribution in [3.63, 3.8) is 0 Å². The fourth-order valence-electron chi connectivity index (χ4n) is 1.83. The molecule has 0 spiro atoms. The molecule has 1 aromatic carbocycles. The van der Waals surface area contributed by atoms with Gasteiger partial charge in [-0.25, -0.2) is 0 Å². The number of aromatic hydroxyl groups is 1. The molecule has 18 heavy (non-hydrogen) atoms. The summed E-state index contributed by atoms with van der Waals surface area (Å²) in [5, 5.41) is 28.8. The average molecular weight is 475 g/mol. The van der Waals surface area contributed by atoms with Crippen molar-refractivity contribution in [2.75, 3.05) is 13.1 Å². The summed E-state index contributed by atoms with van der Waals surface area (Å²) in [6, 6.07) is 3.36. The number of hydrogen-bond donors (Lipinski definition) is 3. The molecule has 0 aliphatic carbocycles. The Bertz CT molecular complexity index is 484. The van der Waals surface area contributed by atoms with Crippen molar-refractivity contribution in [1.82, 2.24) is 4.90 Å². The first kappa shape index (κ1) is 14.3. The lowest BCUT2D eigenvalue weighted by Gasteiger charge is -2.16. The second kappa shape index (κ2) is 5.47. The maximum absolute atomic E-state index is 12.2. The maximum atomic E-state index is 12.2. The van der Waals surface area contributed by atoms with E-state index in [4.69, 9.17) is 0 Å². The molecule has 1 amide bonds. The van der Waals surface area contributed by atoms with E-state index in [1.807, 2.05) is 22.6 Å². The van der Waals surface area contributed by atoms with E-state index in [2.05, 4.69) is 22.6 Å². The minimum Gasteiger partial charge on any atom is -0.506 e. The third kappa shape index (κ3) is 2.73. The first-order chi connectivity index (χ1) is 8.40. The van der Waals surface area contributed by atoms with Gasteiger partial charge in [0.25, 0.3) is 5.91 Å². The monoisotopic (exact) mass is 475 g/mol. The molecule has 1 fully saturated rings. The Labute approximate surface area is 131 Å². The van der Waals surface area contributed by atoms with Crippen molar-refractivity contribution < 1.29 is 20.1 Å². The first-order valence-electron chi connectivity index (χ1n) is 5.23. The highest BCUT2D eigenvalue weighted by atomic mass is 127. The average Bonchev–Trinajstić information content (AvgIpc) is 2.63. The third-order valence-corrected chi connectivity index (χ3v) is 4.25. The number of β-amino-alcohol motifs (C(OH)–C–C–N with tert-alkyl or cyclic N) is 2. The molecular weight excluding hydrogens is 464 g/mol. The summed E-state index contributed by atoms with van der Waals surface area (Å²) < 4.78 is 1.45. The molecule has 5 nitrogen and oxygen atoms in total. The van der Waals surface area contributed by atoms with Crippen LogP contribution >= 0.6 is 45.2 Å². The Balaban J connectivity index is 2.30. The molecule has 0 radical (unpaired) electrons. The van der Waals surface area contributed by atoms with Crippen molar-refractivity contribution in [1.29, 1.82) is 0 Å². The number of phenolic OH excluding ortho intramolecular Hbond substituents is 1. The molecule has 3 N–H and O–H groups in total. The molecule has 1 saturated heterocycles. The number of halogens is 2. The number of likely N-dealkylation sites (tertiary alicyclic amines) is 1. The maximum Gasteiger partial charge on any atom is 0.257 e. The van der Waals surface area contributed by atoms with Crippen LogP contribution in [-0.4, -0.2) is 51.4 Å². The smallest absolute Gasteiger partial charge is 0.257 e. The quantitative estimate of drug-likeness (QED) is 0.525. The largest absolute Gasteiger partial charge is 0.506 e. The minimum absolute atomic E-state index is 0.0584. The van der Waals surface area contributed by atoms with Gasteiger partial charge in [0, 0.05) is 16.7 Å². The van der Waals surface area contributed by atoms with Crippen LogP contribution in [0, 0.1) is 7.14 Å². The molecule has 1 aromatic rings. The highest BCUT2D eigenvalue weighted by molar-refractivity contribution is 14.1. The summed E-state index contributed by atoms with van der Waals surface area (Å²) in [7, 11) is 0. The molecule has 0 saturated carbocycles. The number of amides is 1. The van der Waals surface area contributed by atoms with Gasteiger partial charge in [0.05, 0.1) is 21.3 Å². The second-order valence-corrected chi connectivity index (χ2v) is 6.54. The van der Waals surface area contributed by atoms with Gasteiger partial charge in [-0.05, 0) is 57.3 Å². The molecule has 2 unspecified atom stereocenters. The summed E-state index contributed by atoms with van der Waals surface area (Å²) in [6.45, 7) is 0.170. The van der Waals surface area contributed by atoms with E-state index in [1.165, 1.54) is 4.90 Å². The Morgan fingerprint density at radius 1 is 1.22 bits per heavy atom. The Morgan fingerprint density at radius 3 is 2.33 bits per heavy atom. The molecule has 2 atom stereocenters. The summed E-state index contributed by atoms with van der Waals surface area (Å²) in [5.41, 5.74) is 0.201. The Morgan fingerprint density at radius 2 is 1.78 bits per heavy atom. The zero-order chi connectivity index (χ0) is 13.4. The van der Waals surface area contributed by atoms with Crippen LogP contribution < -0.4 is 0 Å². The molecule has 7 heteroatoms. The van der Waals surface area contributed by atoms with Crippen molar-refractivity contribution in [3.8, 4) is 5.75 Å². The van der Waals surface area contributed by atoms with E-state index in [0.29, 0.717) is 3.57 Å². The van der Waals surface area contributed by atoms with Gasteiger partial charge >= 0.3 is 0 Å². The number of rotatable bonds is 1. The zero-order valence-corrected chi connectivity index (χ0v) is 13.5. The molecule has 0 bridgehead atoms. The lowest BCUT2D eigenvalue weighted by molar-refractivity contribution is 0.0572. The molecule has 1 aliphatic rings. The van der Waals surface area contributed by atoms with Gasteiger partial charge in [0.2, 0.25) is 0 Å². The van der Waals surface area contributed by atoms with E-state index in [-0.39, 0.29) is 30.3 Å². The van der Waals surface area contributed by atoms with Crippen molar-refractivity contribution >= 4 is 51.1 Å². The summed E-state index contributed by atoms with van der Waals surface area (Å²) in [4.78, 5) is 13.5. The van der Waals surface area contributed by atoms with E-state index >= 15 is 0 Å². The summed E-state index contributed by atoms with van der Waals surface area (Å²) >= 11 is 4.02. The van der Waals surface area contributed by atoms with Gasteiger partial charge < -0.3 is 20.2 Å². The number of carbonyl (C=O) groups excluding carboxylic acids is 1. The molecular formula is C11H11I2NO4. The van der Waals surface area contributed by atoms with Crippen LogP contribution in [0.15, 0.2) is 12.1 Å². The van der Waals surface area contributed by atoms with Gasteiger partial charge in [0.15, 0.2) is 0 Å². The summed E-state index contributed by atoms with van der Waals surface area (Å²) in [5.74, 6) is -0.434. The first-order valence-corrected chi connectivity index (χ1v) is 7.39. The number of phenols is 1. The molecule has 1 aliphatic heterocycles. The van der Waals surface area contributed by atoms with Crippen LogP contribution in [0.4, 0.5) is 0 Å². The lowest BCUT2D eigenvalue weighted by Crippen LogP contribution is -2.30. The van der Waals surface area contributed by atoms with Crippen molar-refractivity contribution in [2.24, 2.45) is 0 Å². The van der Waals surface area contributed by atoms with Crippen molar-refractivity contribution in [3.05, 3.63) is 24.8 Å². The lowest BCUT2D eigenvalue weighted by atomic mass is 10.2. The molecule has 0 aromatic heterocycles. The van der Waals surface area contributed by atoms with Crippen molar-refractivity contribution in [2.45, 2.75) is 12.2 Å². The number of benzene rings is 1. The van der Waals surface area contributed by atoms with E-state index in [9.17, 15) is 20.1 Å². The highest BCUT2D eigenvalue weighted by Gasteiger charge is 2.34. The fraction of sp³-hybridized carbons (Fsp3) is 0.364. The number of aliphatic hydroxyl groups excluding tert-OH is 2. The number of carbonyl (C=O) groups is 1. The topological polar surface area (TPSA) is 81.0 Å². The number of aliphatic hydroxyl groups is 2. The molecule has 2 rings (SSSR count). The Hall–Kier alpha value is -0.130. The molecule has 1 heterocycles. The SMILES string of the molecule is O=C(c1cc(I)cc(I)c1O)N1CC(O)C(O)C1. The third-order valence-electron chi connectivity index (χ3n) is 2.80. The predicted octanol–water partition coefficient (Wildman–Crippen LogP) is 0.779. The van der Waals surface area contributed by atoms with Crippen LogP contribution in [0.3, 0.4) is 0 Å². The second-order valence-electron chi connectivity index (χ2n) is 4.13. The van der Waals surface area contributed by atoms with Crippen LogP contribution in [0.25, 0.3) is 0 Å². The van der Waals surface area contributed by atoms with E-state index < -0.39 is 12.2 Å². The van der Waals surface area contributed by atoms with Gasteiger partial charge in [-0.15, -0.1) is 0 Å².